The molecule has 4 rings (SSSR count). The lowest BCUT2D eigenvalue weighted by Crippen LogP contribution is -2.04. The van der Waals surface area contributed by atoms with Crippen LogP contribution in [0.3, 0.4) is 0 Å². The molecule has 0 heterocycles. The molecule has 0 saturated carbocycles. The van der Waals surface area contributed by atoms with Gasteiger partial charge in [-0.25, -0.2) is 0 Å². The van der Waals surface area contributed by atoms with Crippen molar-refractivity contribution in [2.75, 3.05) is 24.9 Å². The first-order chi connectivity index (χ1) is 16.5. The predicted octanol–water partition coefficient (Wildman–Crippen LogP) is 7.90. The summed E-state index contributed by atoms with van der Waals surface area (Å²) >= 11 is 12.6. The molecule has 34 heavy (non-hydrogen) atoms. The van der Waals surface area contributed by atoms with E-state index in [1.165, 1.54) is 0 Å². The first kappa shape index (κ1) is 23.8. The Kier molecular flexibility index (Phi) is 7.84. The third-order valence-corrected chi connectivity index (χ3v) is 5.86. The van der Waals surface area contributed by atoms with Crippen LogP contribution in [0.1, 0.15) is 11.1 Å². The van der Waals surface area contributed by atoms with E-state index in [4.69, 9.17) is 32.7 Å². The molecule has 0 fully saturated rings. The zero-order valence-electron chi connectivity index (χ0n) is 19.1. The molecule has 0 spiro atoms. The first-order valence-corrected chi connectivity index (χ1v) is 11.6. The Balaban J connectivity index is 1.58. The largest absolute Gasteiger partial charge is 0.497 e. The molecule has 0 bridgehead atoms. The number of hydrogen-bond donors (Lipinski definition) is 2. The lowest BCUT2D eigenvalue weighted by Gasteiger charge is -2.14. The van der Waals surface area contributed by atoms with Gasteiger partial charge in [-0.15, -0.1) is 0 Å². The van der Waals surface area contributed by atoms with Gasteiger partial charge in [-0.3, -0.25) is 0 Å². The predicted molar refractivity (Wildman–Crippen MR) is 143 cm³/mol. The Bertz CT molecular complexity index is 1150. The van der Waals surface area contributed by atoms with Crippen molar-refractivity contribution in [1.29, 1.82) is 0 Å². The SMILES string of the molecule is COc1ccc(NCc2cc(CNc3ccc(OC)cc3)cc(-c3cc(Cl)cc(Cl)c3)c2)cc1. The second-order valence-electron chi connectivity index (χ2n) is 7.86. The molecular formula is C28H26Cl2N2O2. The average molecular weight is 493 g/mol. The number of methoxy groups -OCH3 is 2. The number of rotatable bonds is 9. The first-order valence-electron chi connectivity index (χ1n) is 10.9. The van der Waals surface area contributed by atoms with E-state index in [9.17, 15) is 0 Å². The standard InChI is InChI=1S/C28H26Cl2N2O2/c1-33-27-7-3-25(4-8-27)31-17-19-11-20(18-32-26-5-9-28(34-2)10-6-26)13-21(12-19)22-14-23(29)16-24(30)15-22/h3-16,31-32H,17-18H2,1-2H3. The van der Waals surface area contributed by atoms with Gasteiger partial charge in [0.1, 0.15) is 11.5 Å². The molecule has 0 saturated heterocycles. The van der Waals surface area contributed by atoms with Gasteiger partial charge in [-0.2, -0.15) is 0 Å². The van der Waals surface area contributed by atoms with Crippen LogP contribution in [0, 0.1) is 0 Å². The number of nitrogens with one attached hydrogen (secondary N) is 2. The van der Waals surface area contributed by atoms with Crippen molar-refractivity contribution in [3.63, 3.8) is 0 Å². The maximum Gasteiger partial charge on any atom is 0.119 e. The maximum atomic E-state index is 6.28. The number of anilines is 2. The number of halogens is 2. The highest BCUT2D eigenvalue weighted by Crippen LogP contribution is 2.29. The fraction of sp³-hybridized carbons (Fsp3) is 0.143. The summed E-state index contributed by atoms with van der Waals surface area (Å²) in [4.78, 5) is 0. The summed E-state index contributed by atoms with van der Waals surface area (Å²) < 4.78 is 10.5. The summed E-state index contributed by atoms with van der Waals surface area (Å²) in [6.07, 6.45) is 0. The fourth-order valence-electron chi connectivity index (χ4n) is 3.68. The van der Waals surface area contributed by atoms with Crippen molar-refractivity contribution < 1.29 is 9.47 Å². The second kappa shape index (κ2) is 11.2. The molecule has 0 radical (unpaired) electrons. The lowest BCUT2D eigenvalue weighted by molar-refractivity contribution is 0.415. The minimum absolute atomic E-state index is 0.613. The molecule has 4 nitrogen and oxygen atoms in total. The minimum atomic E-state index is 0.613. The van der Waals surface area contributed by atoms with Crippen LogP contribution in [0.4, 0.5) is 11.4 Å². The van der Waals surface area contributed by atoms with E-state index < -0.39 is 0 Å². The number of hydrogen-bond acceptors (Lipinski definition) is 4. The van der Waals surface area contributed by atoms with E-state index in [-0.39, 0.29) is 0 Å². The van der Waals surface area contributed by atoms with Gasteiger partial charge in [0.05, 0.1) is 14.2 Å². The van der Waals surface area contributed by atoms with Gasteiger partial charge in [0.25, 0.3) is 0 Å². The summed E-state index contributed by atoms with van der Waals surface area (Å²) in [6, 6.07) is 27.9. The molecule has 0 aromatic heterocycles. The molecule has 2 N–H and O–H groups in total. The van der Waals surface area contributed by atoms with Crippen LogP contribution in [0.15, 0.2) is 84.9 Å². The summed E-state index contributed by atoms with van der Waals surface area (Å²) in [7, 11) is 3.33. The van der Waals surface area contributed by atoms with Gasteiger partial charge in [-0.05, 0) is 101 Å². The Morgan fingerprint density at radius 3 is 1.38 bits per heavy atom. The topological polar surface area (TPSA) is 42.5 Å². The average Bonchev–Trinajstić information content (AvgIpc) is 2.86. The highest BCUT2D eigenvalue weighted by Gasteiger charge is 2.07. The van der Waals surface area contributed by atoms with Crippen molar-refractivity contribution in [1.82, 2.24) is 0 Å². The second-order valence-corrected chi connectivity index (χ2v) is 8.73. The number of benzene rings is 4. The van der Waals surface area contributed by atoms with E-state index in [0.717, 1.165) is 45.1 Å². The monoisotopic (exact) mass is 492 g/mol. The van der Waals surface area contributed by atoms with Crippen LogP contribution in [-0.4, -0.2) is 14.2 Å². The minimum Gasteiger partial charge on any atom is -0.497 e. The van der Waals surface area contributed by atoms with Gasteiger partial charge in [0, 0.05) is 34.5 Å². The molecule has 6 heteroatoms. The van der Waals surface area contributed by atoms with Gasteiger partial charge in [-0.1, -0.05) is 29.3 Å². The lowest BCUT2D eigenvalue weighted by atomic mass is 9.99. The van der Waals surface area contributed by atoms with Crippen molar-refractivity contribution in [2.45, 2.75) is 13.1 Å². The van der Waals surface area contributed by atoms with Crippen LogP contribution in [0.25, 0.3) is 11.1 Å². The van der Waals surface area contributed by atoms with Crippen molar-refractivity contribution in [3.8, 4) is 22.6 Å². The molecule has 0 aliphatic carbocycles. The van der Waals surface area contributed by atoms with E-state index in [2.05, 4.69) is 28.8 Å². The molecular weight excluding hydrogens is 467 g/mol. The summed E-state index contributed by atoms with van der Waals surface area (Å²) in [6.45, 7) is 1.34. The Morgan fingerprint density at radius 1 is 0.559 bits per heavy atom. The van der Waals surface area contributed by atoms with E-state index in [1.807, 2.05) is 60.7 Å². The van der Waals surface area contributed by atoms with Gasteiger partial charge < -0.3 is 20.1 Å². The normalized spacial score (nSPS) is 10.6. The molecule has 4 aromatic carbocycles. The van der Waals surface area contributed by atoms with Crippen LogP contribution in [0.2, 0.25) is 10.0 Å². The number of ether oxygens (including phenoxy) is 2. The zero-order valence-corrected chi connectivity index (χ0v) is 20.6. The summed E-state index contributed by atoms with van der Waals surface area (Å²) in [5, 5.41) is 8.20. The van der Waals surface area contributed by atoms with Crippen LogP contribution in [-0.2, 0) is 13.1 Å². The third kappa shape index (κ3) is 6.37. The fourth-order valence-corrected chi connectivity index (χ4v) is 4.21. The van der Waals surface area contributed by atoms with Crippen molar-refractivity contribution in [2.24, 2.45) is 0 Å². The van der Waals surface area contributed by atoms with E-state index >= 15 is 0 Å². The summed E-state index contributed by atoms with van der Waals surface area (Å²) in [5.74, 6) is 1.66. The Labute approximate surface area is 210 Å². The maximum absolute atomic E-state index is 6.28. The van der Waals surface area contributed by atoms with Crippen molar-refractivity contribution in [3.05, 3.63) is 106 Å². The molecule has 0 unspecified atom stereocenters. The summed E-state index contributed by atoms with van der Waals surface area (Å²) in [5.41, 5.74) is 6.39. The molecule has 4 aromatic rings. The third-order valence-electron chi connectivity index (χ3n) is 5.42. The van der Waals surface area contributed by atoms with Crippen LogP contribution in [0.5, 0.6) is 11.5 Å². The molecule has 0 atom stereocenters. The molecule has 174 valence electrons. The highest BCUT2D eigenvalue weighted by atomic mass is 35.5. The van der Waals surface area contributed by atoms with E-state index in [1.54, 1.807) is 20.3 Å². The zero-order chi connectivity index (χ0) is 23.9. The molecule has 0 aliphatic heterocycles. The van der Waals surface area contributed by atoms with Crippen molar-refractivity contribution >= 4 is 34.6 Å². The van der Waals surface area contributed by atoms with Crippen LogP contribution < -0.4 is 20.1 Å². The quantitative estimate of drug-likeness (QED) is 0.249. The molecule has 0 amide bonds. The van der Waals surface area contributed by atoms with Gasteiger partial charge in [0.15, 0.2) is 0 Å². The smallest absolute Gasteiger partial charge is 0.119 e. The van der Waals surface area contributed by atoms with E-state index in [0.29, 0.717) is 23.1 Å². The molecule has 0 aliphatic rings. The van der Waals surface area contributed by atoms with Crippen LogP contribution >= 0.6 is 23.2 Å². The Hall–Kier alpha value is -3.34. The van der Waals surface area contributed by atoms with Gasteiger partial charge >= 0.3 is 0 Å². The van der Waals surface area contributed by atoms with Gasteiger partial charge in [0.2, 0.25) is 0 Å². The Morgan fingerprint density at radius 2 is 0.971 bits per heavy atom. The highest BCUT2D eigenvalue weighted by molar-refractivity contribution is 6.35.